The van der Waals surface area contributed by atoms with Gasteiger partial charge in [-0.15, -0.1) is 0 Å². The van der Waals surface area contributed by atoms with Crippen LogP contribution in [0, 0.1) is 0 Å². The van der Waals surface area contributed by atoms with Crippen LogP contribution in [0.3, 0.4) is 0 Å². The summed E-state index contributed by atoms with van der Waals surface area (Å²) in [5.74, 6) is 1.49. The van der Waals surface area contributed by atoms with E-state index in [2.05, 4.69) is 12.1 Å². The van der Waals surface area contributed by atoms with Gasteiger partial charge in [0.25, 0.3) is 0 Å². The van der Waals surface area contributed by atoms with Crippen molar-refractivity contribution in [3.63, 3.8) is 0 Å². The van der Waals surface area contributed by atoms with E-state index in [0.717, 1.165) is 12.0 Å². The van der Waals surface area contributed by atoms with Gasteiger partial charge in [0, 0.05) is 30.6 Å². The maximum absolute atomic E-state index is 12.5. The van der Waals surface area contributed by atoms with Gasteiger partial charge in [0.1, 0.15) is 0 Å². The lowest BCUT2D eigenvalue weighted by Crippen LogP contribution is -2.28. The van der Waals surface area contributed by atoms with Gasteiger partial charge < -0.3 is 14.4 Å². The van der Waals surface area contributed by atoms with Gasteiger partial charge >= 0.3 is 0 Å². The van der Waals surface area contributed by atoms with Gasteiger partial charge in [-0.3, -0.25) is 4.79 Å². The fourth-order valence-electron chi connectivity index (χ4n) is 3.08. The van der Waals surface area contributed by atoms with E-state index in [1.807, 2.05) is 23.1 Å². The fraction of sp³-hybridized carbons (Fsp3) is 0.278. The van der Waals surface area contributed by atoms with Crippen LogP contribution in [0.15, 0.2) is 36.4 Å². The van der Waals surface area contributed by atoms with Crippen LogP contribution in [0.5, 0.6) is 11.5 Å². The standard InChI is InChI=1S/C18H16ClNO3/c19-15-8-17-16(22-11-23-17)7-14(15)10-20-9-13-4-2-1-3-12(13)5-6-18(20)21/h1-4,7-8H,5-6,9-11H2. The van der Waals surface area contributed by atoms with E-state index in [0.29, 0.717) is 36.0 Å². The number of rotatable bonds is 2. The molecule has 2 aliphatic heterocycles. The lowest BCUT2D eigenvalue weighted by molar-refractivity contribution is -0.132. The molecule has 0 radical (unpaired) electrons. The molecule has 23 heavy (non-hydrogen) atoms. The Hall–Kier alpha value is -2.20. The summed E-state index contributed by atoms with van der Waals surface area (Å²) in [7, 11) is 0. The number of hydrogen-bond donors (Lipinski definition) is 0. The van der Waals surface area contributed by atoms with Crippen LogP contribution in [0.25, 0.3) is 0 Å². The first-order valence-corrected chi connectivity index (χ1v) is 8.01. The van der Waals surface area contributed by atoms with Gasteiger partial charge in [-0.05, 0) is 29.2 Å². The van der Waals surface area contributed by atoms with Gasteiger partial charge in [-0.1, -0.05) is 35.9 Å². The number of nitrogens with zero attached hydrogens (tertiary/aromatic N) is 1. The third-order valence-electron chi connectivity index (χ3n) is 4.34. The Labute approximate surface area is 139 Å². The van der Waals surface area contributed by atoms with Crippen molar-refractivity contribution >= 4 is 17.5 Å². The maximum Gasteiger partial charge on any atom is 0.231 e. The lowest BCUT2D eigenvalue weighted by atomic mass is 10.0. The molecule has 0 aromatic heterocycles. The van der Waals surface area contributed by atoms with Crippen molar-refractivity contribution < 1.29 is 14.3 Å². The zero-order chi connectivity index (χ0) is 15.8. The smallest absolute Gasteiger partial charge is 0.231 e. The third-order valence-corrected chi connectivity index (χ3v) is 4.70. The molecular weight excluding hydrogens is 314 g/mol. The first kappa shape index (κ1) is 14.4. The summed E-state index contributed by atoms with van der Waals surface area (Å²) in [6, 6.07) is 11.8. The highest BCUT2D eigenvalue weighted by Gasteiger charge is 2.23. The third kappa shape index (κ3) is 2.75. The molecule has 0 saturated carbocycles. The zero-order valence-corrected chi connectivity index (χ0v) is 13.3. The van der Waals surface area contributed by atoms with Gasteiger partial charge in [-0.25, -0.2) is 0 Å². The van der Waals surface area contributed by atoms with Gasteiger partial charge in [0.2, 0.25) is 12.7 Å². The van der Waals surface area contributed by atoms with E-state index < -0.39 is 0 Å². The highest BCUT2D eigenvalue weighted by molar-refractivity contribution is 6.31. The number of hydrogen-bond acceptors (Lipinski definition) is 3. The average Bonchev–Trinajstić information content (AvgIpc) is 2.93. The Morgan fingerprint density at radius 3 is 2.61 bits per heavy atom. The molecule has 0 N–H and O–H groups in total. The lowest BCUT2D eigenvalue weighted by Gasteiger charge is -2.22. The molecule has 0 fully saturated rings. The second-order valence-corrected chi connectivity index (χ2v) is 6.22. The van der Waals surface area contributed by atoms with Crippen LogP contribution in [0.2, 0.25) is 5.02 Å². The van der Waals surface area contributed by atoms with Gasteiger partial charge in [0.15, 0.2) is 11.5 Å². The molecule has 2 aromatic carbocycles. The molecule has 1 amide bonds. The van der Waals surface area contributed by atoms with E-state index in [9.17, 15) is 4.79 Å². The summed E-state index contributed by atoms with van der Waals surface area (Å²) in [4.78, 5) is 14.3. The largest absolute Gasteiger partial charge is 0.454 e. The molecule has 0 spiro atoms. The van der Waals surface area contributed by atoms with Crippen LogP contribution in [-0.4, -0.2) is 17.6 Å². The first-order chi connectivity index (χ1) is 11.2. The molecule has 5 heteroatoms. The number of aryl methyl sites for hydroxylation is 1. The van der Waals surface area contributed by atoms with Crippen molar-refractivity contribution in [1.29, 1.82) is 0 Å². The predicted octanol–water partition coefficient (Wildman–Crippen LogP) is 3.54. The van der Waals surface area contributed by atoms with Crippen molar-refractivity contribution in [2.24, 2.45) is 0 Å². The van der Waals surface area contributed by atoms with Crippen LogP contribution in [0.4, 0.5) is 0 Å². The van der Waals surface area contributed by atoms with Crippen molar-refractivity contribution in [2.75, 3.05) is 6.79 Å². The minimum absolute atomic E-state index is 0.148. The van der Waals surface area contributed by atoms with Crippen LogP contribution in [-0.2, 0) is 24.3 Å². The Bertz CT molecular complexity index is 775. The highest BCUT2D eigenvalue weighted by atomic mass is 35.5. The number of carbonyl (C=O) groups excluding carboxylic acids is 1. The summed E-state index contributed by atoms with van der Waals surface area (Å²) in [5.41, 5.74) is 3.33. The van der Waals surface area contributed by atoms with Crippen LogP contribution >= 0.6 is 11.6 Å². The Morgan fingerprint density at radius 1 is 1.04 bits per heavy atom. The minimum atomic E-state index is 0.148. The predicted molar refractivity (Wildman–Crippen MR) is 86.6 cm³/mol. The number of fused-ring (bicyclic) bond motifs is 2. The molecule has 0 saturated heterocycles. The monoisotopic (exact) mass is 329 g/mol. The quantitative estimate of drug-likeness (QED) is 0.846. The minimum Gasteiger partial charge on any atom is -0.454 e. The summed E-state index contributed by atoms with van der Waals surface area (Å²) in [6.07, 6.45) is 1.32. The normalized spacial score (nSPS) is 16.2. The highest BCUT2D eigenvalue weighted by Crippen LogP contribution is 2.37. The summed E-state index contributed by atoms with van der Waals surface area (Å²) < 4.78 is 10.7. The average molecular weight is 330 g/mol. The molecule has 0 unspecified atom stereocenters. The number of halogens is 1. The van der Waals surface area contributed by atoms with E-state index in [-0.39, 0.29) is 12.7 Å². The summed E-state index contributed by atoms with van der Waals surface area (Å²) in [6.45, 7) is 1.30. The molecular formula is C18H16ClNO3. The molecule has 0 aliphatic carbocycles. The summed E-state index contributed by atoms with van der Waals surface area (Å²) in [5, 5.41) is 0.597. The molecule has 0 atom stereocenters. The molecule has 2 aromatic rings. The second-order valence-electron chi connectivity index (χ2n) is 5.82. The number of benzene rings is 2. The van der Waals surface area contributed by atoms with E-state index >= 15 is 0 Å². The second kappa shape index (κ2) is 5.78. The van der Waals surface area contributed by atoms with Crippen molar-refractivity contribution in [3.05, 3.63) is 58.1 Å². The molecule has 0 bridgehead atoms. The fourth-order valence-corrected chi connectivity index (χ4v) is 3.29. The molecule has 2 heterocycles. The number of ether oxygens (including phenoxy) is 2. The Kier molecular flexibility index (Phi) is 3.62. The van der Waals surface area contributed by atoms with Gasteiger partial charge in [-0.2, -0.15) is 0 Å². The molecule has 4 rings (SSSR count). The van der Waals surface area contributed by atoms with Crippen LogP contribution in [0.1, 0.15) is 23.1 Å². The van der Waals surface area contributed by atoms with E-state index in [1.54, 1.807) is 6.07 Å². The Morgan fingerprint density at radius 2 is 1.78 bits per heavy atom. The number of amides is 1. The Balaban J connectivity index is 1.62. The number of carbonyl (C=O) groups is 1. The van der Waals surface area contributed by atoms with Crippen LogP contribution < -0.4 is 9.47 Å². The van der Waals surface area contributed by atoms with Gasteiger partial charge in [0.05, 0.1) is 0 Å². The molecule has 118 valence electrons. The van der Waals surface area contributed by atoms with Crippen molar-refractivity contribution in [3.8, 4) is 11.5 Å². The zero-order valence-electron chi connectivity index (χ0n) is 12.5. The molecule has 4 nitrogen and oxygen atoms in total. The summed E-state index contributed by atoms with van der Waals surface area (Å²) >= 11 is 6.34. The van der Waals surface area contributed by atoms with Crippen molar-refractivity contribution in [1.82, 2.24) is 4.90 Å². The topological polar surface area (TPSA) is 38.8 Å². The SMILES string of the molecule is O=C1CCc2ccccc2CN1Cc1cc2c(cc1Cl)OCO2. The molecule has 2 aliphatic rings. The first-order valence-electron chi connectivity index (χ1n) is 7.63. The van der Waals surface area contributed by atoms with E-state index in [4.69, 9.17) is 21.1 Å². The van der Waals surface area contributed by atoms with Crippen molar-refractivity contribution in [2.45, 2.75) is 25.9 Å². The van der Waals surface area contributed by atoms with E-state index in [1.165, 1.54) is 11.1 Å². The maximum atomic E-state index is 12.5.